The SMILES string of the molecule is CC(C)CC(C#N)c1ccc(Cl)cc1. The predicted molar refractivity (Wildman–Crippen MR) is 59.3 cm³/mol. The first kappa shape index (κ1) is 11.1. The van der Waals surface area contributed by atoms with Gasteiger partial charge in [0, 0.05) is 5.02 Å². The van der Waals surface area contributed by atoms with Crippen molar-refractivity contribution in [2.45, 2.75) is 26.2 Å². The maximum absolute atomic E-state index is 9.01. The summed E-state index contributed by atoms with van der Waals surface area (Å²) in [4.78, 5) is 0. The lowest BCUT2D eigenvalue weighted by Crippen LogP contribution is -2.00. The molecule has 74 valence electrons. The molecule has 0 spiro atoms. The number of hydrogen-bond donors (Lipinski definition) is 0. The molecule has 0 bridgehead atoms. The third-order valence-corrected chi connectivity index (χ3v) is 2.39. The van der Waals surface area contributed by atoms with Crippen molar-refractivity contribution in [1.29, 1.82) is 5.26 Å². The van der Waals surface area contributed by atoms with Crippen molar-refractivity contribution < 1.29 is 0 Å². The van der Waals surface area contributed by atoms with Crippen LogP contribution in [-0.2, 0) is 0 Å². The van der Waals surface area contributed by atoms with Crippen LogP contribution < -0.4 is 0 Å². The van der Waals surface area contributed by atoms with E-state index < -0.39 is 0 Å². The van der Waals surface area contributed by atoms with Gasteiger partial charge in [-0.3, -0.25) is 0 Å². The van der Waals surface area contributed by atoms with E-state index in [1.54, 1.807) is 0 Å². The van der Waals surface area contributed by atoms with Crippen LogP contribution in [0.5, 0.6) is 0 Å². The second kappa shape index (κ2) is 5.02. The number of nitrogens with zero attached hydrogens (tertiary/aromatic N) is 1. The minimum atomic E-state index is -0.00716. The molecule has 0 N–H and O–H groups in total. The van der Waals surface area contributed by atoms with Gasteiger partial charge >= 0.3 is 0 Å². The highest BCUT2D eigenvalue weighted by Crippen LogP contribution is 2.24. The lowest BCUT2D eigenvalue weighted by molar-refractivity contribution is 0.555. The molecule has 1 unspecified atom stereocenters. The highest BCUT2D eigenvalue weighted by molar-refractivity contribution is 6.30. The molecule has 0 amide bonds. The molecule has 0 saturated carbocycles. The summed E-state index contributed by atoms with van der Waals surface area (Å²) in [5.74, 6) is 0.530. The quantitative estimate of drug-likeness (QED) is 0.735. The van der Waals surface area contributed by atoms with E-state index >= 15 is 0 Å². The molecule has 1 nitrogen and oxygen atoms in total. The number of halogens is 1. The van der Waals surface area contributed by atoms with Crippen molar-refractivity contribution >= 4 is 11.6 Å². The molecule has 0 aliphatic rings. The Labute approximate surface area is 90.3 Å². The van der Waals surface area contributed by atoms with E-state index in [4.69, 9.17) is 16.9 Å². The maximum atomic E-state index is 9.01. The zero-order valence-electron chi connectivity index (χ0n) is 8.50. The van der Waals surface area contributed by atoms with Crippen LogP contribution in [0.15, 0.2) is 24.3 Å². The molecule has 2 heteroatoms. The molecule has 0 fully saturated rings. The minimum Gasteiger partial charge on any atom is -0.198 e. The van der Waals surface area contributed by atoms with Crippen molar-refractivity contribution in [2.75, 3.05) is 0 Å². The third kappa shape index (κ3) is 3.05. The van der Waals surface area contributed by atoms with E-state index in [2.05, 4.69) is 19.9 Å². The van der Waals surface area contributed by atoms with Crippen LogP contribution in [0.25, 0.3) is 0 Å². The second-order valence-electron chi connectivity index (χ2n) is 3.86. The maximum Gasteiger partial charge on any atom is 0.0715 e. The number of rotatable bonds is 3. The van der Waals surface area contributed by atoms with Crippen LogP contribution >= 0.6 is 11.6 Å². The smallest absolute Gasteiger partial charge is 0.0715 e. The summed E-state index contributed by atoms with van der Waals surface area (Å²) in [6.45, 7) is 4.25. The Morgan fingerprint density at radius 3 is 2.29 bits per heavy atom. The van der Waals surface area contributed by atoms with Gasteiger partial charge in [0.05, 0.1) is 12.0 Å². The molecule has 1 aromatic rings. The Kier molecular flexibility index (Phi) is 3.98. The summed E-state index contributed by atoms with van der Waals surface area (Å²) in [6.07, 6.45) is 0.901. The molecule has 0 aromatic heterocycles. The zero-order valence-corrected chi connectivity index (χ0v) is 9.25. The van der Waals surface area contributed by atoms with E-state index in [-0.39, 0.29) is 5.92 Å². The van der Waals surface area contributed by atoms with Crippen molar-refractivity contribution in [3.63, 3.8) is 0 Å². The predicted octanol–water partition coefficient (Wildman–Crippen LogP) is 3.99. The van der Waals surface area contributed by atoms with Crippen LogP contribution in [0.3, 0.4) is 0 Å². The molecule has 0 saturated heterocycles. The summed E-state index contributed by atoms with van der Waals surface area (Å²) >= 11 is 5.78. The molecular formula is C12H14ClN. The lowest BCUT2D eigenvalue weighted by Gasteiger charge is -2.11. The fourth-order valence-corrected chi connectivity index (χ4v) is 1.56. The van der Waals surface area contributed by atoms with Gasteiger partial charge in [-0.15, -0.1) is 0 Å². The summed E-state index contributed by atoms with van der Waals surface area (Å²) in [5.41, 5.74) is 1.06. The number of nitriles is 1. The van der Waals surface area contributed by atoms with Gasteiger partial charge in [-0.25, -0.2) is 0 Å². The van der Waals surface area contributed by atoms with Gasteiger partial charge in [-0.1, -0.05) is 37.6 Å². The summed E-state index contributed by atoms with van der Waals surface area (Å²) < 4.78 is 0. The van der Waals surface area contributed by atoms with Crippen LogP contribution in [0, 0.1) is 17.2 Å². The van der Waals surface area contributed by atoms with Crippen molar-refractivity contribution in [1.82, 2.24) is 0 Å². The van der Waals surface area contributed by atoms with Gasteiger partial charge in [0.1, 0.15) is 0 Å². The van der Waals surface area contributed by atoms with Crippen molar-refractivity contribution in [3.05, 3.63) is 34.9 Å². The monoisotopic (exact) mass is 207 g/mol. The summed E-state index contributed by atoms with van der Waals surface area (Å²) in [5, 5.41) is 9.73. The summed E-state index contributed by atoms with van der Waals surface area (Å²) in [6, 6.07) is 9.85. The fourth-order valence-electron chi connectivity index (χ4n) is 1.43. The summed E-state index contributed by atoms with van der Waals surface area (Å²) in [7, 11) is 0. The molecular weight excluding hydrogens is 194 g/mol. The first-order chi connectivity index (χ1) is 6.63. The molecule has 14 heavy (non-hydrogen) atoms. The Balaban J connectivity index is 2.80. The molecule has 1 aromatic carbocycles. The molecule has 1 rings (SSSR count). The van der Waals surface area contributed by atoms with Gasteiger partial charge in [0.15, 0.2) is 0 Å². The first-order valence-corrected chi connectivity index (χ1v) is 5.16. The van der Waals surface area contributed by atoms with E-state index in [0.29, 0.717) is 5.92 Å². The second-order valence-corrected chi connectivity index (χ2v) is 4.30. The average molecular weight is 208 g/mol. The standard InChI is InChI=1S/C12H14ClN/c1-9(2)7-11(8-14)10-3-5-12(13)6-4-10/h3-6,9,11H,7H2,1-2H3. The topological polar surface area (TPSA) is 23.8 Å². The van der Waals surface area contributed by atoms with E-state index in [1.165, 1.54) is 0 Å². The Hall–Kier alpha value is -1.00. The Morgan fingerprint density at radius 2 is 1.86 bits per heavy atom. The van der Waals surface area contributed by atoms with Crippen LogP contribution in [0.1, 0.15) is 31.7 Å². The highest BCUT2D eigenvalue weighted by Gasteiger charge is 2.11. The van der Waals surface area contributed by atoms with E-state index in [9.17, 15) is 0 Å². The van der Waals surface area contributed by atoms with Gasteiger partial charge in [0.25, 0.3) is 0 Å². The lowest BCUT2D eigenvalue weighted by atomic mass is 9.92. The number of benzene rings is 1. The van der Waals surface area contributed by atoms with E-state index in [1.807, 2.05) is 24.3 Å². The minimum absolute atomic E-state index is 0.00716. The van der Waals surface area contributed by atoms with Crippen molar-refractivity contribution in [3.8, 4) is 6.07 Å². The van der Waals surface area contributed by atoms with Crippen LogP contribution in [-0.4, -0.2) is 0 Å². The molecule has 1 atom stereocenters. The van der Waals surface area contributed by atoms with Gasteiger partial charge in [-0.2, -0.15) is 5.26 Å². The van der Waals surface area contributed by atoms with Crippen LogP contribution in [0.4, 0.5) is 0 Å². The molecule has 0 aliphatic heterocycles. The largest absolute Gasteiger partial charge is 0.198 e. The number of hydrogen-bond acceptors (Lipinski definition) is 1. The fraction of sp³-hybridized carbons (Fsp3) is 0.417. The average Bonchev–Trinajstić information content (AvgIpc) is 2.15. The van der Waals surface area contributed by atoms with Crippen LogP contribution in [0.2, 0.25) is 5.02 Å². The first-order valence-electron chi connectivity index (χ1n) is 4.78. The normalized spacial score (nSPS) is 12.5. The van der Waals surface area contributed by atoms with Gasteiger partial charge in [-0.05, 0) is 30.0 Å². The van der Waals surface area contributed by atoms with E-state index in [0.717, 1.165) is 17.0 Å². The Bertz CT molecular complexity index is 321. The molecule has 0 heterocycles. The molecule has 0 aliphatic carbocycles. The van der Waals surface area contributed by atoms with Crippen molar-refractivity contribution in [2.24, 2.45) is 5.92 Å². The Morgan fingerprint density at radius 1 is 1.29 bits per heavy atom. The van der Waals surface area contributed by atoms with Gasteiger partial charge < -0.3 is 0 Å². The zero-order chi connectivity index (χ0) is 10.6. The highest BCUT2D eigenvalue weighted by atomic mass is 35.5. The third-order valence-electron chi connectivity index (χ3n) is 2.14. The van der Waals surface area contributed by atoms with Gasteiger partial charge in [0.2, 0.25) is 0 Å². The molecule has 0 radical (unpaired) electrons.